The lowest BCUT2D eigenvalue weighted by atomic mass is 9.89. The average Bonchev–Trinajstić information content (AvgIpc) is 2.76. The molecule has 0 amide bonds. The molecule has 0 aliphatic carbocycles. The molecular weight excluding hydrogens is 385 g/mol. The Kier molecular flexibility index (Phi) is 5.72. The molecule has 1 aromatic heterocycles. The van der Waals surface area contributed by atoms with E-state index in [-0.39, 0.29) is 11.7 Å². The lowest BCUT2D eigenvalue weighted by Gasteiger charge is -2.31. The zero-order chi connectivity index (χ0) is 21.1. The fourth-order valence-corrected chi connectivity index (χ4v) is 3.97. The molecule has 1 aliphatic rings. The van der Waals surface area contributed by atoms with Gasteiger partial charge in [0, 0.05) is 41.9 Å². The van der Waals surface area contributed by atoms with Crippen molar-refractivity contribution in [3.63, 3.8) is 0 Å². The van der Waals surface area contributed by atoms with Crippen LogP contribution >= 0.6 is 0 Å². The summed E-state index contributed by atoms with van der Waals surface area (Å²) in [7, 11) is 0. The highest BCUT2D eigenvalue weighted by Crippen LogP contribution is 2.26. The van der Waals surface area contributed by atoms with Crippen LogP contribution in [0.15, 0.2) is 64.3 Å². The van der Waals surface area contributed by atoms with Crippen molar-refractivity contribution in [1.29, 1.82) is 0 Å². The van der Waals surface area contributed by atoms with Crippen LogP contribution in [-0.4, -0.2) is 33.7 Å². The molecule has 0 radical (unpaired) electrons. The number of rotatable bonds is 5. The Balaban J connectivity index is 1.48. The number of aromatic nitrogens is 2. The fourth-order valence-electron chi connectivity index (χ4n) is 3.97. The highest BCUT2D eigenvalue weighted by molar-refractivity contribution is 5.98. The van der Waals surface area contributed by atoms with Gasteiger partial charge in [0.25, 0.3) is 5.56 Å². The van der Waals surface area contributed by atoms with Gasteiger partial charge in [-0.15, -0.1) is 0 Å². The lowest BCUT2D eigenvalue weighted by molar-refractivity contribution is 0.0810. The highest BCUT2D eigenvalue weighted by Gasteiger charge is 2.27. The fraction of sp³-hybridized carbons (Fsp3) is 0.261. The second-order valence-electron chi connectivity index (χ2n) is 7.60. The minimum Gasteiger partial charge on any atom is -0.314 e. The van der Waals surface area contributed by atoms with E-state index in [1.54, 1.807) is 12.1 Å². The second-order valence-corrected chi connectivity index (χ2v) is 7.60. The third-order valence-electron chi connectivity index (χ3n) is 5.50. The van der Waals surface area contributed by atoms with Gasteiger partial charge in [0.1, 0.15) is 5.82 Å². The number of halogens is 1. The minimum absolute atomic E-state index is 0.0893. The van der Waals surface area contributed by atoms with E-state index in [1.807, 2.05) is 35.2 Å². The quantitative estimate of drug-likeness (QED) is 0.637. The van der Waals surface area contributed by atoms with Gasteiger partial charge in [-0.2, -0.15) is 0 Å². The number of benzene rings is 2. The number of carbonyl (C=O) groups is 1. The van der Waals surface area contributed by atoms with Crippen molar-refractivity contribution >= 4 is 5.78 Å². The van der Waals surface area contributed by atoms with Gasteiger partial charge >= 0.3 is 5.69 Å². The zero-order valence-electron chi connectivity index (χ0n) is 16.4. The summed E-state index contributed by atoms with van der Waals surface area (Å²) in [4.78, 5) is 42.8. The summed E-state index contributed by atoms with van der Waals surface area (Å²) < 4.78 is 14.7. The number of nitrogens with zero attached hydrogens (tertiary/aromatic N) is 1. The van der Waals surface area contributed by atoms with Crippen LogP contribution in [0.1, 0.15) is 28.8 Å². The molecule has 0 saturated carbocycles. The molecule has 1 aliphatic heterocycles. The van der Waals surface area contributed by atoms with Gasteiger partial charge in [0.15, 0.2) is 5.78 Å². The standard InChI is InChI=1S/C23H22FN3O3/c24-20-11-16(8-9-19(20)15-5-2-1-3-6-15)21(28)17-7-4-10-27(13-17)14-18-12-25-23(30)26-22(18)29/h1-3,5-6,8-9,11-12,17H,4,7,10,13-14H2,(H2,25,26,29,30)/t17-/m1/s1. The molecule has 0 bridgehead atoms. The molecule has 4 rings (SSSR count). The molecule has 2 heterocycles. The predicted molar refractivity (Wildman–Crippen MR) is 112 cm³/mol. The Morgan fingerprint density at radius 2 is 1.93 bits per heavy atom. The van der Waals surface area contributed by atoms with Gasteiger partial charge in [-0.25, -0.2) is 9.18 Å². The maximum absolute atomic E-state index is 14.7. The van der Waals surface area contributed by atoms with Gasteiger partial charge in [-0.05, 0) is 31.0 Å². The van der Waals surface area contributed by atoms with Crippen LogP contribution in [0.5, 0.6) is 0 Å². The average molecular weight is 407 g/mol. The summed E-state index contributed by atoms with van der Waals surface area (Å²) in [5.41, 5.74) is 1.07. The second kappa shape index (κ2) is 8.59. The number of nitrogens with one attached hydrogen (secondary N) is 2. The molecule has 3 aromatic rings. The number of hydrogen-bond acceptors (Lipinski definition) is 4. The molecule has 2 N–H and O–H groups in total. The van der Waals surface area contributed by atoms with E-state index in [9.17, 15) is 18.8 Å². The van der Waals surface area contributed by atoms with Gasteiger partial charge < -0.3 is 4.98 Å². The van der Waals surface area contributed by atoms with E-state index >= 15 is 0 Å². The van der Waals surface area contributed by atoms with E-state index in [0.29, 0.717) is 29.8 Å². The summed E-state index contributed by atoms with van der Waals surface area (Å²) in [6.45, 7) is 1.58. The van der Waals surface area contributed by atoms with E-state index in [0.717, 1.165) is 24.9 Å². The molecule has 0 unspecified atom stereocenters. The van der Waals surface area contributed by atoms with Crippen LogP contribution in [0.25, 0.3) is 11.1 Å². The molecule has 6 nitrogen and oxygen atoms in total. The van der Waals surface area contributed by atoms with Crippen molar-refractivity contribution < 1.29 is 9.18 Å². The van der Waals surface area contributed by atoms with Crippen molar-refractivity contribution in [2.45, 2.75) is 19.4 Å². The Morgan fingerprint density at radius 1 is 1.13 bits per heavy atom. The van der Waals surface area contributed by atoms with Crippen molar-refractivity contribution in [2.75, 3.05) is 13.1 Å². The van der Waals surface area contributed by atoms with E-state index in [2.05, 4.69) is 9.97 Å². The molecule has 1 saturated heterocycles. The Morgan fingerprint density at radius 3 is 2.67 bits per heavy atom. The molecule has 2 aromatic carbocycles. The van der Waals surface area contributed by atoms with Crippen LogP contribution in [-0.2, 0) is 6.54 Å². The molecule has 7 heteroatoms. The third-order valence-corrected chi connectivity index (χ3v) is 5.50. The topological polar surface area (TPSA) is 86.0 Å². The van der Waals surface area contributed by atoms with Crippen LogP contribution in [0.3, 0.4) is 0 Å². The predicted octanol–water partition coefficient (Wildman–Crippen LogP) is 2.96. The Bertz CT molecular complexity index is 1170. The minimum atomic E-state index is -0.545. The van der Waals surface area contributed by atoms with E-state index in [1.165, 1.54) is 12.3 Å². The molecule has 0 spiro atoms. The Labute approximate surface area is 172 Å². The number of H-pyrrole nitrogens is 2. The van der Waals surface area contributed by atoms with Gasteiger partial charge in [0.2, 0.25) is 0 Å². The van der Waals surface area contributed by atoms with Crippen molar-refractivity contribution in [2.24, 2.45) is 5.92 Å². The maximum atomic E-state index is 14.7. The molecule has 154 valence electrons. The molecule has 1 fully saturated rings. The number of piperidine rings is 1. The maximum Gasteiger partial charge on any atom is 0.325 e. The number of carbonyl (C=O) groups excluding carboxylic acids is 1. The summed E-state index contributed by atoms with van der Waals surface area (Å²) in [6, 6.07) is 13.9. The van der Waals surface area contributed by atoms with Crippen LogP contribution in [0.2, 0.25) is 0 Å². The first kappa shape index (κ1) is 20.0. The summed E-state index contributed by atoms with van der Waals surface area (Å²) in [5, 5.41) is 0. The first-order valence-electron chi connectivity index (χ1n) is 9.93. The number of likely N-dealkylation sites (tertiary alicyclic amines) is 1. The third kappa shape index (κ3) is 4.31. The number of hydrogen-bond donors (Lipinski definition) is 2. The van der Waals surface area contributed by atoms with Crippen molar-refractivity contribution in [3.8, 4) is 11.1 Å². The van der Waals surface area contributed by atoms with Crippen LogP contribution in [0, 0.1) is 11.7 Å². The van der Waals surface area contributed by atoms with Crippen LogP contribution < -0.4 is 11.2 Å². The Hall–Kier alpha value is -3.32. The van der Waals surface area contributed by atoms with E-state index < -0.39 is 17.1 Å². The highest BCUT2D eigenvalue weighted by atomic mass is 19.1. The summed E-state index contributed by atoms with van der Waals surface area (Å²) in [6.07, 6.45) is 2.94. The molecule has 1 atom stereocenters. The molecular formula is C23H22FN3O3. The number of ketones is 1. The SMILES string of the molecule is O=C(c1ccc(-c2ccccc2)c(F)c1)[C@@H]1CCCN(Cc2c[nH]c(=O)[nH]c2=O)C1. The molecule has 30 heavy (non-hydrogen) atoms. The zero-order valence-corrected chi connectivity index (χ0v) is 16.4. The first-order chi connectivity index (χ1) is 14.5. The smallest absolute Gasteiger partial charge is 0.314 e. The van der Waals surface area contributed by atoms with Crippen molar-refractivity contribution in [3.05, 3.63) is 92.5 Å². The number of Topliss-reactive ketones (excluding diaryl/α,β-unsaturated/α-hetero) is 1. The monoisotopic (exact) mass is 407 g/mol. The van der Waals surface area contributed by atoms with Gasteiger partial charge in [0.05, 0.1) is 0 Å². The van der Waals surface area contributed by atoms with Gasteiger partial charge in [-0.1, -0.05) is 42.5 Å². The first-order valence-corrected chi connectivity index (χ1v) is 9.93. The summed E-state index contributed by atoms with van der Waals surface area (Å²) >= 11 is 0. The lowest BCUT2D eigenvalue weighted by Crippen LogP contribution is -2.40. The van der Waals surface area contributed by atoms with E-state index in [4.69, 9.17) is 0 Å². The van der Waals surface area contributed by atoms with Crippen molar-refractivity contribution in [1.82, 2.24) is 14.9 Å². The normalized spacial score (nSPS) is 17.0. The number of aromatic amines is 2. The summed E-state index contributed by atoms with van der Waals surface area (Å²) in [5.74, 6) is -0.768. The van der Waals surface area contributed by atoms with Gasteiger partial charge in [-0.3, -0.25) is 19.5 Å². The largest absolute Gasteiger partial charge is 0.325 e. The van der Waals surface area contributed by atoms with Crippen LogP contribution in [0.4, 0.5) is 4.39 Å².